The molecule has 6 aromatic rings. The van der Waals surface area contributed by atoms with E-state index in [2.05, 4.69) is 63.9 Å². The first-order valence-electron chi connectivity index (χ1n) is 22.3. The van der Waals surface area contributed by atoms with E-state index < -0.39 is 30.6 Å². The van der Waals surface area contributed by atoms with E-state index in [-0.39, 0.29) is 35.8 Å². The maximum absolute atomic E-state index is 14.4. The van der Waals surface area contributed by atoms with Gasteiger partial charge in [-0.3, -0.25) is 14.9 Å². The van der Waals surface area contributed by atoms with Gasteiger partial charge in [-0.1, -0.05) is 69.3 Å². The van der Waals surface area contributed by atoms with Crippen LogP contribution in [0, 0.1) is 11.8 Å². The molecule has 1 unspecified atom stereocenters. The van der Waals surface area contributed by atoms with Crippen LogP contribution in [-0.2, 0) is 30.4 Å². The number of fused-ring (bicyclic) bond motifs is 6. The molecule has 0 aliphatic carbocycles. The summed E-state index contributed by atoms with van der Waals surface area (Å²) in [5.74, 6) is 1.86. The minimum Gasteiger partial charge on any atom is -0.488 e. The molecular formula is C49H56N8O8. The highest BCUT2D eigenvalue weighted by molar-refractivity contribution is 6.07. The van der Waals surface area contributed by atoms with Crippen molar-refractivity contribution < 1.29 is 38.4 Å². The minimum atomic E-state index is -1.35. The van der Waals surface area contributed by atoms with E-state index in [1.807, 2.05) is 68.3 Å². The van der Waals surface area contributed by atoms with E-state index in [0.717, 1.165) is 61.9 Å². The van der Waals surface area contributed by atoms with Crippen LogP contribution in [0.5, 0.6) is 5.75 Å². The van der Waals surface area contributed by atoms with Gasteiger partial charge in [0, 0.05) is 44.2 Å². The molecular weight excluding hydrogens is 829 g/mol. The highest BCUT2D eigenvalue weighted by Gasteiger charge is 2.42. The van der Waals surface area contributed by atoms with Crippen molar-refractivity contribution >= 4 is 39.7 Å². The van der Waals surface area contributed by atoms with Crippen molar-refractivity contribution in [3.8, 4) is 28.1 Å². The van der Waals surface area contributed by atoms with Gasteiger partial charge >= 0.3 is 6.09 Å². The first-order valence-corrected chi connectivity index (χ1v) is 22.3. The van der Waals surface area contributed by atoms with Crippen molar-refractivity contribution in [2.75, 3.05) is 33.9 Å². The highest BCUT2D eigenvalue weighted by atomic mass is 16.6. The predicted molar refractivity (Wildman–Crippen MR) is 243 cm³/mol. The molecule has 0 spiro atoms. The number of aliphatic hydroxyl groups is 1. The van der Waals surface area contributed by atoms with Crippen molar-refractivity contribution in [2.24, 2.45) is 11.8 Å². The van der Waals surface area contributed by atoms with Crippen molar-refractivity contribution in [1.82, 2.24) is 40.4 Å². The van der Waals surface area contributed by atoms with E-state index in [1.54, 1.807) is 4.90 Å². The minimum absolute atomic E-state index is 0.132. The van der Waals surface area contributed by atoms with Crippen LogP contribution in [0.1, 0.15) is 81.4 Å². The van der Waals surface area contributed by atoms with Gasteiger partial charge in [0.15, 0.2) is 0 Å². The molecule has 9 rings (SSSR count). The predicted octanol–water partition coefficient (Wildman–Crippen LogP) is 6.89. The quantitative estimate of drug-likeness (QED) is 0.0758. The molecule has 4 aromatic carbocycles. The highest BCUT2D eigenvalue weighted by Crippen LogP contribution is 2.44. The number of nitrogens with zero attached hydrogens (tertiary/aromatic N) is 4. The number of alkyl carbamates (subject to hydrolysis) is 1. The van der Waals surface area contributed by atoms with Crippen LogP contribution in [0.25, 0.3) is 44.2 Å². The van der Waals surface area contributed by atoms with Gasteiger partial charge in [0.05, 0.1) is 48.2 Å². The summed E-state index contributed by atoms with van der Waals surface area (Å²) in [5.41, 5.74) is 7.18. The van der Waals surface area contributed by atoms with Crippen LogP contribution in [0.15, 0.2) is 79.0 Å². The molecule has 0 saturated carbocycles. The van der Waals surface area contributed by atoms with Gasteiger partial charge in [0.2, 0.25) is 18.2 Å². The van der Waals surface area contributed by atoms with Crippen LogP contribution in [0.2, 0.25) is 0 Å². The second-order valence-electron chi connectivity index (χ2n) is 17.6. The molecule has 0 radical (unpaired) electrons. The van der Waals surface area contributed by atoms with Gasteiger partial charge in [0.25, 0.3) is 0 Å². The number of nitrogens with one attached hydrogen (secondary N) is 4. The molecule has 2 saturated heterocycles. The fourth-order valence-electron chi connectivity index (χ4n) is 9.71. The first-order chi connectivity index (χ1) is 31.4. The Kier molecular flexibility index (Phi) is 12.3. The standard InChI is InChI=1S/C49H56N8O8/c1-7-64-32-20-39(57(24-32)47(59)42(55-49(61)63-6)28-11-9-8-10-12-28)45-51-36-16-14-29-19-35-33-15-13-30(18-31(33)25-65-40(35)21-34(29)43(36)53-45)37-22-50-44(52-37)38-17-27(4)23-56(38)46(58)41(26(2)3)54-48(60)62-5/h8-16,18-19,21-22,26-27,32,38-39,41-42,49,55,61H,7,17,20,23-25H2,1-6H3,(H,50,52)(H,51,53)(H,54,60)/t27-,32-,38-,39-,41-,42+,49?/m0/s1. The zero-order valence-electron chi connectivity index (χ0n) is 37.5. The summed E-state index contributed by atoms with van der Waals surface area (Å²) in [7, 11) is 2.66. The van der Waals surface area contributed by atoms with E-state index >= 15 is 0 Å². The smallest absolute Gasteiger partial charge is 0.407 e. The SMILES string of the molecule is CCO[C@H]1C[C@@H](c2nc3ccc4cc5c(cc4c3[nH]2)OCc2cc(-c3cnc([C@@H]4C[C@H](C)CN4C(=O)[C@@H](NC(=O)OC)C(C)C)[nH]3)ccc2-5)N(C(=O)[C@H](NC(O)OC)c2ccccc2)C1. The number of hydrogen-bond donors (Lipinski definition) is 5. The van der Waals surface area contributed by atoms with Crippen molar-refractivity contribution in [2.45, 2.75) is 83.8 Å². The lowest BCUT2D eigenvalue weighted by Crippen LogP contribution is -2.51. The lowest BCUT2D eigenvalue weighted by atomic mass is 9.92. The number of carbonyl (C=O) groups is 3. The summed E-state index contributed by atoms with van der Waals surface area (Å²) in [5, 5.41) is 18.0. The van der Waals surface area contributed by atoms with Crippen molar-refractivity contribution in [1.29, 1.82) is 0 Å². The van der Waals surface area contributed by atoms with Gasteiger partial charge in [0.1, 0.15) is 36.1 Å². The van der Waals surface area contributed by atoms with Gasteiger partial charge < -0.3 is 49.1 Å². The number of likely N-dealkylation sites (tertiary alicyclic amines) is 2. The summed E-state index contributed by atoms with van der Waals surface area (Å²) in [6.45, 7) is 9.67. The molecule has 16 nitrogen and oxygen atoms in total. The zero-order chi connectivity index (χ0) is 45.5. The van der Waals surface area contributed by atoms with Crippen LogP contribution in [-0.4, -0.2) is 105 Å². The average Bonchev–Trinajstić information content (AvgIpc) is 4.15. The van der Waals surface area contributed by atoms with Crippen molar-refractivity contribution in [3.63, 3.8) is 0 Å². The lowest BCUT2D eigenvalue weighted by Gasteiger charge is -2.30. The molecule has 3 aliphatic rings. The number of rotatable bonds is 13. The van der Waals surface area contributed by atoms with Gasteiger partial charge in [-0.05, 0) is 77.1 Å². The Balaban J connectivity index is 0.980. The number of imidazole rings is 2. The molecule has 5 N–H and O–H groups in total. The second-order valence-corrected chi connectivity index (χ2v) is 17.6. The number of ether oxygens (including phenoxy) is 4. The monoisotopic (exact) mass is 884 g/mol. The number of hydrogen-bond acceptors (Lipinski definition) is 11. The van der Waals surface area contributed by atoms with Crippen LogP contribution >= 0.6 is 0 Å². The van der Waals surface area contributed by atoms with Crippen LogP contribution in [0.3, 0.4) is 0 Å². The molecule has 7 atom stereocenters. The average molecular weight is 885 g/mol. The molecule has 5 heterocycles. The Morgan fingerprint density at radius 2 is 1.71 bits per heavy atom. The Hall–Kier alpha value is -6.33. The number of aromatic nitrogens is 4. The summed E-state index contributed by atoms with van der Waals surface area (Å²) in [6, 6.07) is 21.6. The Labute approximate surface area is 377 Å². The summed E-state index contributed by atoms with van der Waals surface area (Å²) >= 11 is 0. The summed E-state index contributed by atoms with van der Waals surface area (Å²) in [6.07, 6.45) is 0.930. The molecule has 0 bridgehead atoms. The van der Waals surface area contributed by atoms with Crippen LogP contribution in [0.4, 0.5) is 4.79 Å². The molecule has 65 heavy (non-hydrogen) atoms. The first kappa shape index (κ1) is 43.9. The maximum atomic E-state index is 14.4. The number of methoxy groups -OCH3 is 2. The maximum Gasteiger partial charge on any atom is 0.407 e. The third kappa shape index (κ3) is 8.54. The third-order valence-electron chi connectivity index (χ3n) is 13.0. The number of amides is 3. The topological polar surface area (TPSA) is 196 Å². The zero-order valence-corrected chi connectivity index (χ0v) is 37.5. The van der Waals surface area contributed by atoms with Gasteiger partial charge in [-0.15, -0.1) is 0 Å². The molecule has 340 valence electrons. The summed E-state index contributed by atoms with van der Waals surface area (Å²) in [4.78, 5) is 60.9. The number of aliphatic hydroxyl groups excluding tert-OH is 1. The van der Waals surface area contributed by atoms with E-state index in [4.69, 9.17) is 28.9 Å². The number of carbonyl (C=O) groups excluding carboxylic acids is 3. The lowest BCUT2D eigenvalue weighted by molar-refractivity contribution is -0.143. The van der Waals surface area contributed by atoms with E-state index in [0.29, 0.717) is 49.9 Å². The Morgan fingerprint density at radius 1 is 0.923 bits per heavy atom. The Morgan fingerprint density at radius 3 is 2.46 bits per heavy atom. The fourth-order valence-corrected chi connectivity index (χ4v) is 9.71. The molecule has 3 aliphatic heterocycles. The third-order valence-corrected chi connectivity index (χ3v) is 13.0. The summed E-state index contributed by atoms with van der Waals surface area (Å²) < 4.78 is 22.4. The molecule has 2 fully saturated rings. The molecule has 2 aromatic heterocycles. The molecule has 3 amide bonds. The number of aromatic amines is 2. The second kappa shape index (κ2) is 18.3. The molecule has 16 heteroatoms. The van der Waals surface area contributed by atoms with E-state index in [1.165, 1.54) is 14.2 Å². The Bertz CT molecular complexity index is 2720. The van der Waals surface area contributed by atoms with Crippen molar-refractivity contribution in [3.05, 3.63) is 102 Å². The van der Waals surface area contributed by atoms with Crippen LogP contribution < -0.4 is 15.4 Å². The number of H-pyrrole nitrogens is 2. The fraction of sp³-hybridized carbons (Fsp3) is 0.408. The van der Waals surface area contributed by atoms with Gasteiger partial charge in [-0.25, -0.2) is 14.8 Å². The van der Waals surface area contributed by atoms with E-state index in [9.17, 15) is 19.5 Å². The number of benzene rings is 4. The largest absolute Gasteiger partial charge is 0.488 e. The van der Waals surface area contributed by atoms with Gasteiger partial charge in [-0.2, -0.15) is 0 Å². The normalized spacial score (nSPS) is 20.7.